The highest BCUT2D eigenvalue weighted by atomic mass is 35.5. The van der Waals surface area contributed by atoms with Crippen molar-refractivity contribution in [2.24, 2.45) is 0 Å². The molecule has 0 aliphatic carbocycles. The van der Waals surface area contributed by atoms with Crippen LogP contribution in [0.2, 0.25) is 5.02 Å². The summed E-state index contributed by atoms with van der Waals surface area (Å²) in [6.07, 6.45) is -4.37. The maximum atomic E-state index is 12.9. The quantitative estimate of drug-likeness (QED) is 0.772. The summed E-state index contributed by atoms with van der Waals surface area (Å²) in [5.74, 6) is 0. The van der Waals surface area contributed by atoms with Gasteiger partial charge >= 0.3 is 12.2 Å². The van der Waals surface area contributed by atoms with E-state index < -0.39 is 11.7 Å². The van der Waals surface area contributed by atoms with E-state index in [4.69, 9.17) is 11.6 Å². The lowest BCUT2D eigenvalue weighted by Crippen LogP contribution is -2.50. The van der Waals surface area contributed by atoms with Crippen molar-refractivity contribution in [2.45, 2.75) is 13.1 Å². The van der Waals surface area contributed by atoms with Crippen LogP contribution in [0.25, 0.3) is 0 Å². The number of hydrogen-bond acceptors (Lipinski definition) is 2. The number of aryl methyl sites for hydroxylation is 1. The van der Waals surface area contributed by atoms with Crippen molar-refractivity contribution < 1.29 is 18.0 Å². The predicted molar refractivity (Wildman–Crippen MR) is 100 cm³/mol. The van der Waals surface area contributed by atoms with Gasteiger partial charge in [-0.3, -0.25) is 0 Å². The van der Waals surface area contributed by atoms with Crippen molar-refractivity contribution in [3.05, 3.63) is 58.6 Å². The normalized spacial score (nSPS) is 15.0. The largest absolute Gasteiger partial charge is 0.416 e. The third kappa shape index (κ3) is 4.66. The molecule has 1 heterocycles. The number of carbonyl (C=O) groups is 1. The summed E-state index contributed by atoms with van der Waals surface area (Å²) in [6.45, 7) is 3.64. The summed E-state index contributed by atoms with van der Waals surface area (Å²) in [6, 6.07) is 10.3. The van der Waals surface area contributed by atoms with Crippen LogP contribution in [0.3, 0.4) is 0 Å². The fourth-order valence-electron chi connectivity index (χ4n) is 2.92. The van der Waals surface area contributed by atoms with Crippen molar-refractivity contribution in [2.75, 3.05) is 36.4 Å². The number of nitrogens with one attached hydrogen (secondary N) is 1. The summed E-state index contributed by atoms with van der Waals surface area (Å²) in [4.78, 5) is 15.9. The summed E-state index contributed by atoms with van der Waals surface area (Å²) in [5.41, 5.74) is 1.37. The molecule has 8 heteroatoms. The maximum Gasteiger partial charge on any atom is 0.416 e. The van der Waals surface area contributed by atoms with Crippen LogP contribution >= 0.6 is 11.6 Å². The van der Waals surface area contributed by atoms with Crippen molar-refractivity contribution in [1.29, 1.82) is 0 Å². The van der Waals surface area contributed by atoms with Crippen LogP contribution in [0.15, 0.2) is 42.5 Å². The van der Waals surface area contributed by atoms with Gasteiger partial charge in [-0.2, -0.15) is 13.2 Å². The van der Waals surface area contributed by atoms with Gasteiger partial charge in [0.2, 0.25) is 0 Å². The smallest absolute Gasteiger partial charge is 0.368 e. The van der Waals surface area contributed by atoms with Gasteiger partial charge in [-0.05, 0) is 42.8 Å². The highest BCUT2D eigenvalue weighted by molar-refractivity contribution is 6.31. The highest BCUT2D eigenvalue weighted by Crippen LogP contribution is 2.32. The molecule has 3 rings (SSSR count). The van der Waals surface area contributed by atoms with E-state index in [1.807, 2.05) is 17.9 Å². The number of benzene rings is 2. The van der Waals surface area contributed by atoms with Crippen molar-refractivity contribution in [1.82, 2.24) is 4.90 Å². The van der Waals surface area contributed by atoms with E-state index in [2.05, 4.69) is 5.32 Å². The maximum absolute atomic E-state index is 12.9. The summed E-state index contributed by atoms with van der Waals surface area (Å²) in [7, 11) is 0. The summed E-state index contributed by atoms with van der Waals surface area (Å²) >= 11 is 6.06. The molecule has 0 unspecified atom stereocenters. The fraction of sp³-hybridized carbons (Fsp3) is 0.316. The standard InChI is InChI=1S/C19H19ClF3N3O/c1-13-5-6-15(12-17(13)20)24-18(27)26-9-7-25(8-10-26)16-4-2-3-14(11-16)19(21,22)23/h2-6,11-12H,7-10H2,1H3,(H,24,27). The van der Waals surface area contributed by atoms with Crippen LogP contribution < -0.4 is 10.2 Å². The molecular formula is C19H19ClF3N3O. The van der Waals surface area contributed by atoms with Gasteiger partial charge in [-0.25, -0.2) is 4.79 Å². The van der Waals surface area contributed by atoms with Crippen LogP contribution in [0.1, 0.15) is 11.1 Å². The number of urea groups is 1. The molecule has 1 aliphatic rings. The van der Waals surface area contributed by atoms with Crippen LogP contribution in [-0.2, 0) is 6.18 Å². The van der Waals surface area contributed by atoms with Crippen LogP contribution in [0.4, 0.5) is 29.3 Å². The number of piperazine rings is 1. The molecule has 27 heavy (non-hydrogen) atoms. The molecule has 0 atom stereocenters. The molecule has 0 aromatic heterocycles. The van der Waals surface area contributed by atoms with Crippen molar-refractivity contribution in [3.63, 3.8) is 0 Å². The Kier molecular flexibility index (Phi) is 5.51. The average molecular weight is 398 g/mol. The molecule has 0 radical (unpaired) electrons. The number of hydrogen-bond donors (Lipinski definition) is 1. The summed E-state index contributed by atoms with van der Waals surface area (Å²) < 4.78 is 38.6. The predicted octanol–water partition coefficient (Wildman–Crippen LogP) is 5.02. The Hall–Kier alpha value is -2.41. The Balaban J connectivity index is 1.60. The third-order valence-electron chi connectivity index (χ3n) is 4.53. The molecule has 144 valence electrons. The van der Waals surface area contributed by atoms with E-state index in [0.717, 1.165) is 17.7 Å². The Morgan fingerprint density at radius 1 is 1.07 bits per heavy atom. The minimum atomic E-state index is -4.37. The molecule has 1 aliphatic heterocycles. The van der Waals surface area contributed by atoms with Gasteiger partial charge in [0.15, 0.2) is 0 Å². The number of halogens is 4. The number of alkyl halides is 3. The van der Waals surface area contributed by atoms with Crippen LogP contribution in [-0.4, -0.2) is 37.1 Å². The first-order chi connectivity index (χ1) is 12.7. The molecule has 2 amide bonds. The molecule has 1 N–H and O–H groups in total. The SMILES string of the molecule is Cc1ccc(NC(=O)N2CCN(c3cccc(C(F)(F)F)c3)CC2)cc1Cl. The molecular weight excluding hydrogens is 379 g/mol. The van der Waals surface area contributed by atoms with Gasteiger partial charge < -0.3 is 15.1 Å². The highest BCUT2D eigenvalue weighted by Gasteiger charge is 2.31. The van der Waals surface area contributed by atoms with E-state index in [1.165, 1.54) is 6.07 Å². The van der Waals surface area contributed by atoms with Gasteiger partial charge in [0, 0.05) is 42.6 Å². The monoisotopic (exact) mass is 397 g/mol. The number of rotatable bonds is 2. The first kappa shape index (κ1) is 19.4. The second-order valence-corrected chi connectivity index (χ2v) is 6.82. The van der Waals surface area contributed by atoms with E-state index in [9.17, 15) is 18.0 Å². The Labute approximate surface area is 160 Å². The second kappa shape index (κ2) is 7.68. The van der Waals surface area contributed by atoms with E-state index in [-0.39, 0.29) is 6.03 Å². The topological polar surface area (TPSA) is 35.6 Å². The van der Waals surface area contributed by atoms with Gasteiger partial charge in [-0.15, -0.1) is 0 Å². The Morgan fingerprint density at radius 2 is 1.78 bits per heavy atom. The van der Waals surface area contributed by atoms with Gasteiger partial charge in [0.25, 0.3) is 0 Å². The van der Waals surface area contributed by atoms with Crippen LogP contribution in [0.5, 0.6) is 0 Å². The lowest BCUT2D eigenvalue weighted by molar-refractivity contribution is -0.137. The van der Waals surface area contributed by atoms with Gasteiger partial charge in [0.05, 0.1) is 5.56 Å². The Bertz CT molecular complexity index is 833. The molecule has 4 nitrogen and oxygen atoms in total. The zero-order valence-corrected chi connectivity index (χ0v) is 15.4. The minimum absolute atomic E-state index is 0.251. The van der Waals surface area contributed by atoms with Gasteiger partial charge in [-0.1, -0.05) is 23.7 Å². The molecule has 0 saturated carbocycles. The van der Waals surface area contributed by atoms with E-state index in [0.29, 0.717) is 42.6 Å². The average Bonchev–Trinajstić information content (AvgIpc) is 2.64. The first-order valence-electron chi connectivity index (χ1n) is 8.48. The zero-order chi connectivity index (χ0) is 19.6. The fourth-order valence-corrected chi connectivity index (χ4v) is 3.10. The molecule has 0 bridgehead atoms. The van der Waals surface area contributed by atoms with Crippen molar-refractivity contribution >= 4 is 29.0 Å². The molecule has 1 fully saturated rings. The Morgan fingerprint density at radius 3 is 2.41 bits per heavy atom. The molecule has 0 spiro atoms. The third-order valence-corrected chi connectivity index (χ3v) is 4.94. The number of anilines is 2. The first-order valence-corrected chi connectivity index (χ1v) is 8.86. The van der Waals surface area contributed by atoms with Crippen molar-refractivity contribution in [3.8, 4) is 0 Å². The zero-order valence-electron chi connectivity index (χ0n) is 14.7. The minimum Gasteiger partial charge on any atom is -0.368 e. The van der Waals surface area contributed by atoms with Crippen LogP contribution in [0, 0.1) is 6.92 Å². The van der Waals surface area contributed by atoms with E-state index in [1.54, 1.807) is 23.1 Å². The lowest BCUT2D eigenvalue weighted by Gasteiger charge is -2.36. The van der Waals surface area contributed by atoms with E-state index >= 15 is 0 Å². The lowest BCUT2D eigenvalue weighted by atomic mass is 10.1. The number of carbonyl (C=O) groups excluding carboxylic acids is 1. The summed E-state index contributed by atoms with van der Waals surface area (Å²) in [5, 5.41) is 3.37. The number of amides is 2. The molecule has 2 aromatic carbocycles. The number of nitrogens with zero attached hydrogens (tertiary/aromatic N) is 2. The second-order valence-electron chi connectivity index (χ2n) is 6.42. The molecule has 2 aromatic rings. The van der Waals surface area contributed by atoms with Gasteiger partial charge in [0.1, 0.15) is 0 Å². The molecule has 1 saturated heterocycles.